The van der Waals surface area contributed by atoms with E-state index in [1.54, 1.807) is 11.0 Å². The van der Waals surface area contributed by atoms with Crippen molar-refractivity contribution in [2.75, 3.05) is 25.2 Å². The van der Waals surface area contributed by atoms with Gasteiger partial charge in [-0.2, -0.15) is 5.26 Å². The van der Waals surface area contributed by atoms with Crippen LogP contribution in [0.3, 0.4) is 0 Å². The monoisotopic (exact) mass is 354 g/mol. The lowest BCUT2D eigenvalue weighted by Crippen LogP contribution is -2.15. The van der Waals surface area contributed by atoms with Crippen LogP contribution in [0.2, 0.25) is 0 Å². The molecular weight excluding hydrogens is 336 g/mol. The highest BCUT2D eigenvalue weighted by Gasteiger charge is 2.22. The first-order valence-electron chi connectivity index (χ1n) is 7.76. The quantitative estimate of drug-likeness (QED) is 0.335. The van der Waals surface area contributed by atoms with Crippen LogP contribution in [0.5, 0.6) is 5.75 Å². The van der Waals surface area contributed by atoms with Crippen molar-refractivity contribution in [3.8, 4) is 11.8 Å². The van der Waals surface area contributed by atoms with Gasteiger partial charge in [-0.15, -0.1) is 0 Å². The molecule has 7 nitrogen and oxygen atoms in total. The number of allylic oxidation sites excluding steroid dienone is 2. The van der Waals surface area contributed by atoms with E-state index in [1.807, 2.05) is 31.3 Å². The average Bonchev–Trinajstić information content (AvgIpc) is 2.95. The predicted octanol–water partition coefficient (Wildman–Crippen LogP) is 2.47. The molecule has 1 aromatic carbocycles. The van der Waals surface area contributed by atoms with E-state index in [9.17, 15) is 9.59 Å². The Morgan fingerprint density at radius 2 is 1.92 bits per heavy atom. The molecule has 0 fully saturated rings. The number of rotatable bonds is 6. The molecule has 1 aliphatic rings. The summed E-state index contributed by atoms with van der Waals surface area (Å²) in [5, 5.41) is 9.13. The molecule has 1 aromatic rings. The van der Waals surface area contributed by atoms with Crippen molar-refractivity contribution in [2.45, 2.75) is 6.92 Å². The predicted molar refractivity (Wildman–Crippen MR) is 94.0 cm³/mol. The Bertz CT molecular complexity index is 833. The summed E-state index contributed by atoms with van der Waals surface area (Å²) in [6.45, 7) is 4.68. The SMILES string of the molecule is C=C(C)C(=O)OCCOC(=O)/C(C#N)=C/C=C1\Oc2ccccc2N1C. The molecule has 0 spiro atoms. The van der Waals surface area contributed by atoms with Crippen LogP contribution in [-0.2, 0) is 19.1 Å². The third-order valence-electron chi connectivity index (χ3n) is 3.40. The van der Waals surface area contributed by atoms with E-state index >= 15 is 0 Å². The Morgan fingerprint density at radius 1 is 1.27 bits per heavy atom. The van der Waals surface area contributed by atoms with Crippen molar-refractivity contribution in [3.05, 3.63) is 60.0 Å². The zero-order chi connectivity index (χ0) is 19.1. The highest BCUT2D eigenvalue weighted by molar-refractivity contribution is 5.93. The summed E-state index contributed by atoms with van der Waals surface area (Å²) in [5.41, 5.74) is 0.937. The number of fused-ring (bicyclic) bond motifs is 1. The van der Waals surface area contributed by atoms with Crippen LogP contribution in [0.1, 0.15) is 6.92 Å². The number of para-hydroxylation sites is 2. The first-order chi connectivity index (χ1) is 12.4. The van der Waals surface area contributed by atoms with Crippen molar-refractivity contribution >= 4 is 17.6 Å². The molecule has 0 N–H and O–H groups in total. The molecule has 0 unspecified atom stereocenters. The zero-order valence-electron chi connectivity index (χ0n) is 14.5. The van der Waals surface area contributed by atoms with Crippen LogP contribution in [0.15, 0.2) is 60.0 Å². The first kappa shape index (κ1) is 18.8. The highest BCUT2D eigenvalue weighted by Crippen LogP contribution is 2.37. The maximum atomic E-state index is 11.9. The molecule has 0 saturated heterocycles. The fraction of sp³-hybridized carbons (Fsp3) is 0.211. The summed E-state index contributed by atoms with van der Waals surface area (Å²) in [7, 11) is 1.81. The summed E-state index contributed by atoms with van der Waals surface area (Å²) < 4.78 is 15.4. The lowest BCUT2D eigenvalue weighted by Gasteiger charge is -2.10. The number of benzene rings is 1. The van der Waals surface area contributed by atoms with Gasteiger partial charge in [-0.3, -0.25) is 0 Å². The van der Waals surface area contributed by atoms with E-state index in [1.165, 1.54) is 19.1 Å². The van der Waals surface area contributed by atoms with Crippen LogP contribution in [0, 0.1) is 11.3 Å². The van der Waals surface area contributed by atoms with Crippen LogP contribution in [-0.4, -0.2) is 32.2 Å². The Hall–Kier alpha value is -3.53. The molecule has 26 heavy (non-hydrogen) atoms. The van der Waals surface area contributed by atoms with Gasteiger partial charge in [-0.1, -0.05) is 18.7 Å². The molecule has 0 aromatic heterocycles. The number of carbonyl (C=O) groups is 2. The Labute approximate surface area is 151 Å². The minimum Gasteiger partial charge on any atom is -0.459 e. The van der Waals surface area contributed by atoms with Crippen molar-refractivity contribution in [3.63, 3.8) is 0 Å². The topological polar surface area (TPSA) is 88.9 Å². The lowest BCUT2D eigenvalue weighted by atomic mass is 10.2. The minimum atomic E-state index is -0.811. The van der Waals surface area contributed by atoms with E-state index in [0.29, 0.717) is 11.6 Å². The Balaban J connectivity index is 1.94. The van der Waals surface area contributed by atoms with Gasteiger partial charge in [-0.05, 0) is 25.1 Å². The maximum Gasteiger partial charge on any atom is 0.349 e. The molecule has 134 valence electrons. The Morgan fingerprint density at radius 3 is 2.54 bits per heavy atom. The van der Waals surface area contributed by atoms with Crippen molar-refractivity contribution < 1.29 is 23.8 Å². The van der Waals surface area contributed by atoms with Gasteiger partial charge < -0.3 is 19.1 Å². The summed E-state index contributed by atoms with van der Waals surface area (Å²) >= 11 is 0. The van der Waals surface area contributed by atoms with E-state index in [0.717, 1.165) is 5.69 Å². The van der Waals surface area contributed by atoms with Gasteiger partial charge in [0.1, 0.15) is 24.9 Å². The molecule has 0 atom stereocenters. The van der Waals surface area contributed by atoms with E-state index in [-0.39, 0.29) is 24.4 Å². The van der Waals surface area contributed by atoms with Gasteiger partial charge in [0.15, 0.2) is 11.6 Å². The molecule has 2 rings (SSSR count). The zero-order valence-corrected chi connectivity index (χ0v) is 14.5. The first-order valence-corrected chi connectivity index (χ1v) is 7.76. The maximum absolute atomic E-state index is 11.9. The number of carbonyl (C=O) groups excluding carboxylic acids is 2. The number of esters is 2. The molecule has 1 aliphatic heterocycles. The number of hydrogen-bond donors (Lipinski definition) is 0. The van der Waals surface area contributed by atoms with Crippen molar-refractivity contribution in [2.24, 2.45) is 0 Å². The smallest absolute Gasteiger partial charge is 0.349 e. The van der Waals surface area contributed by atoms with Crippen LogP contribution >= 0.6 is 0 Å². The van der Waals surface area contributed by atoms with E-state index in [2.05, 4.69) is 6.58 Å². The van der Waals surface area contributed by atoms with Gasteiger partial charge in [-0.25, -0.2) is 9.59 Å². The second-order valence-electron chi connectivity index (χ2n) is 5.38. The van der Waals surface area contributed by atoms with Crippen molar-refractivity contribution in [1.29, 1.82) is 5.26 Å². The van der Waals surface area contributed by atoms with Gasteiger partial charge >= 0.3 is 11.9 Å². The number of ether oxygens (including phenoxy) is 3. The largest absolute Gasteiger partial charge is 0.459 e. The standard InChI is InChI=1S/C19H18N2O5/c1-13(2)18(22)24-10-11-25-19(23)14(12-20)8-9-17-21(3)15-6-4-5-7-16(15)26-17/h4-9H,1,10-11H2,2-3H3/b14-8+,17-9-. The van der Waals surface area contributed by atoms with Gasteiger partial charge in [0.25, 0.3) is 0 Å². The van der Waals surface area contributed by atoms with Crippen LogP contribution in [0.4, 0.5) is 5.69 Å². The average molecular weight is 354 g/mol. The summed E-state index contributed by atoms with van der Waals surface area (Å²) in [4.78, 5) is 24.9. The van der Waals surface area contributed by atoms with Gasteiger partial charge in [0, 0.05) is 18.7 Å². The number of nitrogens with zero attached hydrogens (tertiary/aromatic N) is 2. The van der Waals surface area contributed by atoms with Crippen LogP contribution in [0.25, 0.3) is 0 Å². The second-order valence-corrected chi connectivity index (χ2v) is 5.38. The fourth-order valence-corrected chi connectivity index (χ4v) is 2.04. The normalized spacial score (nSPS) is 14.3. The molecule has 0 saturated carbocycles. The van der Waals surface area contributed by atoms with Crippen molar-refractivity contribution in [1.82, 2.24) is 0 Å². The molecule has 0 bridgehead atoms. The Kier molecular flexibility index (Phi) is 6.17. The van der Waals surface area contributed by atoms with E-state index in [4.69, 9.17) is 19.5 Å². The highest BCUT2D eigenvalue weighted by atomic mass is 16.6. The third kappa shape index (κ3) is 4.51. The summed E-state index contributed by atoms with van der Waals surface area (Å²) in [5.74, 6) is -0.214. The van der Waals surface area contributed by atoms with Crippen LogP contribution < -0.4 is 9.64 Å². The number of hydrogen-bond acceptors (Lipinski definition) is 7. The second kappa shape index (κ2) is 8.53. The minimum absolute atomic E-state index is 0.113. The fourth-order valence-electron chi connectivity index (χ4n) is 2.04. The molecular formula is C19H18N2O5. The van der Waals surface area contributed by atoms with Gasteiger partial charge in [0.2, 0.25) is 0 Å². The third-order valence-corrected chi connectivity index (χ3v) is 3.40. The molecule has 0 radical (unpaired) electrons. The molecule has 0 aliphatic carbocycles. The molecule has 7 heteroatoms. The lowest BCUT2D eigenvalue weighted by molar-refractivity contribution is -0.147. The molecule has 0 amide bonds. The summed E-state index contributed by atoms with van der Waals surface area (Å²) in [6.07, 6.45) is 2.83. The molecule has 1 heterocycles. The number of nitriles is 1. The van der Waals surface area contributed by atoms with E-state index < -0.39 is 11.9 Å². The summed E-state index contributed by atoms with van der Waals surface area (Å²) in [6, 6.07) is 9.23. The van der Waals surface area contributed by atoms with Gasteiger partial charge in [0.05, 0.1) is 5.69 Å². The number of anilines is 1.